The number of nitrogen functional groups attached to an aromatic ring is 1. The van der Waals surface area contributed by atoms with Crippen molar-refractivity contribution < 1.29 is 0 Å². The summed E-state index contributed by atoms with van der Waals surface area (Å²) in [7, 11) is 0. The van der Waals surface area contributed by atoms with Gasteiger partial charge in [-0.25, -0.2) is 4.79 Å². The van der Waals surface area contributed by atoms with E-state index in [1.165, 1.54) is 0 Å². The summed E-state index contributed by atoms with van der Waals surface area (Å²) in [5.41, 5.74) is 5.29. The van der Waals surface area contributed by atoms with E-state index in [1.807, 2.05) is 0 Å². The van der Waals surface area contributed by atoms with E-state index in [0.717, 1.165) is 19.3 Å². The zero-order chi connectivity index (χ0) is 13.7. The number of hydrogen-bond acceptors (Lipinski definition) is 3. The molecule has 102 valence electrons. The average Bonchev–Trinajstić information content (AvgIpc) is 2.24. The molecule has 2 N–H and O–H groups in total. The van der Waals surface area contributed by atoms with Crippen molar-refractivity contribution in [3.8, 4) is 0 Å². The Kier molecular flexibility index (Phi) is 5.38. The van der Waals surface area contributed by atoms with E-state index in [0.29, 0.717) is 17.7 Å². The van der Waals surface area contributed by atoms with Gasteiger partial charge in [0.1, 0.15) is 5.82 Å². The van der Waals surface area contributed by atoms with Gasteiger partial charge in [-0.3, -0.25) is 4.57 Å². The molecule has 0 fully saturated rings. The van der Waals surface area contributed by atoms with Crippen LogP contribution < -0.4 is 11.4 Å². The van der Waals surface area contributed by atoms with Gasteiger partial charge in [0, 0.05) is 12.2 Å². The minimum atomic E-state index is -0.232. The molecule has 1 rings (SSSR count). The Bertz CT molecular complexity index is 423. The average molecular weight is 251 g/mol. The zero-order valence-corrected chi connectivity index (χ0v) is 11.9. The number of anilines is 1. The molecular weight excluding hydrogens is 226 g/mol. The van der Waals surface area contributed by atoms with Crippen molar-refractivity contribution in [1.82, 2.24) is 9.55 Å². The topological polar surface area (TPSA) is 60.9 Å². The third kappa shape index (κ3) is 4.51. The van der Waals surface area contributed by atoms with Crippen LogP contribution in [0.3, 0.4) is 0 Å². The molecule has 1 atom stereocenters. The molecule has 1 aromatic heterocycles. The molecule has 1 heterocycles. The minimum absolute atomic E-state index is 0.230. The molecule has 0 aliphatic rings. The van der Waals surface area contributed by atoms with Crippen molar-refractivity contribution in [2.45, 2.75) is 53.0 Å². The maximum atomic E-state index is 11.9. The monoisotopic (exact) mass is 251 g/mol. The largest absolute Gasteiger partial charge is 0.383 e. The second-order valence-electron chi connectivity index (χ2n) is 5.80. The molecule has 0 amide bonds. The Balaban J connectivity index is 2.90. The first-order valence-electron chi connectivity index (χ1n) is 6.74. The molecule has 0 aromatic carbocycles. The van der Waals surface area contributed by atoms with Crippen LogP contribution in [0.4, 0.5) is 5.82 Å². The lowest BCUT2D eigenvalue weighted by Crippen LogP contribution is -2.28. The molecule has 4 nitrogen and oxygen atoms in total. The lowest BCUT2D eigenvalue weighted by Gasteiger charge is -2.22. The highest BCUT2D eigenvalue weighted by Crippen LogP contribution is 2.23. The molecule has 0 spiro atoms. The maximum absolute atomic E-state index is 11.9. The van der Waals surface area contributed by atoms with Crippen LogP contribution in [0, 0.1) is 11.8 Å². The van der Waals surface area contributed by atoms with Crippen LogP contribution in [0.2, 0.25) is 0 Å². The SMILES string of the molecule is CC(C)CCC(CC(C)C)n1ccc(N)nc1=O. The Morgan fingerprint density at radius 1 is 1.22 bits per heavy atom. The predicted octanol–water partition coefficient (Wildman–Crippen LogP) is 2.85. The standard InChI is InChI=1S/C14H25N3O/c1-10(2)5-6-12(9-11(3)4)17-8-7-13(15)16-14(17)18/h7-8,10-12H,5-6,9H2,1-4H3,(H2,15,16,18). The van der Waals surface area contributed by atoms with E-state index in [9.17, 15) is 4.79 Å². The van der Waals surface area contributed by atoms with Crippen molar-refractivity contribution >= 4 is 5.82 Å². The van der Waals surface area contributed by atoms with Gasteiger partial charge in [-0.1, -0.05) is 27.7 Å². The van der Waals surface area contributed by atoms with Crippen LogP contribution in [0.15, 0.2) is 17.1 Å². The van der Waals surface area contributed by atoms with Crippen molar-refractivity contribution in [2.75, 3.05) is 5.73 Å². The third-order valence-corrected chi connectivity index (χ3v) is 3.07. The van der Waals surface area contributed by atoms with Crippen LogP contribution in [0.1, 0.15) is 53.0 Å². The predicted molar refractivity (Wildman–Crippen MR) is 75.5 cm³/mol. The van der Waals surface area contributed by atoms with Crippen molar-refractivity contribution in [3.63, 3.8) is 0 Å². The van der Waals surface area contributed by atoms with E-state index in [2.05, 4.69) is 32.7 Å². The summed E-state index contributed by atoms with van der Waals surface area (Å²) < 4.78 is 1.73. The summed E-state index contributed by atoms with van der Waals surface area (Å²) >= 11 is 0. The Morgan fingerprint density at radius 3 is 2.39 bits per heavy atom. The number of nitrogens with two attached hydrogens (primary N) is 1. The van der Waals surface area contributed by atoms with Gasteiger partial charge < -0.3 is 5.73 Å². The van der Waals surface area contributed by atoms with Gasteiger partial charge in [-0.2, -0.15) is 4.98 Å². The summed E-state index contributed by atoms with van der Waals surface area (Å²) in [5.74, 6) is 1.51. The van der Waals surface area contributed by atoms with Crippen molar-refractivity contribution in [1.29, 1.82) is 0 Å². The van der Waals surface area contributed by atoms with Crippen LogP contribution in [-0.4, -0.2) is 9.55 Å². The normalized spacial score (nSPS) is 13.2. The fraction of sp³-hybridized carbons (Fsp3) is 0.714. The van der Waals surface area contributed by atoms with Crippen LogP contribution in [-0.2, 0) is 0 Å². The molecule has 0 radical (unpaired) electrons. The second-order valence-corrected chi connectivity index (χ2v) is 5.80. The first kappa shape index (κ1) is 14.7. The van der Waals surface area contributed by atoms with Gasteiger partial charge in [0.25, 0.3) is 0 Å². The molecule has 18 heavy (non-hydrogen) atoms. The third-order valence-electron chi connectivity index (χ3n) is 3.07. The lowest BCUT2D eigenvalue weighted by molar-refractivity contribution is 0.341. The van der Waals surface area contributed by atoms with Crippen molar-refractivity contribution in [2.24, 2.45) is 11.8 Å². The molecule has 1 unspecified atom stereocenters. The number of aromatic nitrogens is 2. The Hall–Kier alpha value is -1.32. The first-order chi connectivity index (χ1) is 8.40. The van der Waals surface area contributed by atoms with Gasteiger partial charge in [-0.15, -0.1) is 0 Å². The number of nitrogens with zero attached hydrogens (tertiary/aromatic N) is 2. The quantitative estimate of drug-likeness (QED) is 0.845. The number of hydrogen-bond donors (Lipinski definition) is 1. The van der Waals surface area contributed by atoms with Crippen LogP contribution in [0.25, 0.3) is 0 Å². The lowest BCUT2D eigenvalue weighted by atomic mass is 9.96. The highest BCUT2D eigenvalue weighted by atomic mass is 16.1. The Labute approximate surface area is 109 Å². The summed E-state index contributed by atoms with van der Waals surface area (Å²) in [5, 5.41) is 0. The summed E-state index contributed by atoms with van der Waals surface area (Å²) in [6.45, 7) is 8.77. The molecule has 4 heteroatoms. The van der Waals surface area contributed by atoms with E-state index < -0.39 is 0 Å². The van der Waals surface area contributed by atoms with Gasteiger partial charge >= 0.3 is 5.69 Å². The fourth-order valence-electron chi connectivity index (χ4n) is 2.14. The fourth-order valence-corrected chi connectivity index (χ4v) is 2.14. The van der Waals surface area contributed by atoms with Crippen LogP contribution >= 0.6 is 0 Å². The smallest absolute Gasteiger partial charge is 0.349 e. The highest BCUT2D eigenvalue weighted by Gasteiger charge is 2.15. The van der Waals surface area contributed by atoms with E-state index in [1.54, 1.807) is 16.8 Å². The molecule has 0 bridgehead atoms. The van der Waals surface area contributed by atoms with Gasteiger partial charge in [0.15, 0.2) is 0 Å². The Morgan fingerprint density at radius 2 is 1.89 bits per heavy atom. The molecule has 0 saturated heterocycles. The summed E-state index contributed by atoms with van der Waals surface area (Å²) in [6.07, 6.45) is 4.91. The van der Waals surface area contributed by atoms with E-state index in [-0.39, 0.29) is 11.7 Å². The van der Waals surface area contributed by atoms with Crippen LogP contribution in [0.5, 0.6) is 0 Å². The van der Waals surface area contributed by atoms with Gasteiger partial charge in [0.2, 0.25) is 0 Å². The molecular formula is C14H25N3O. The highest BCUT2D eigenvalue weighted by molar-refractivity contribution is 5.23. The first-order valence-corrected chi connectivity index (χ1v) is 6.74. The molecule has 0 aliphatic carbocycles. The summed E-state index contributed by atoms with van der Waals surface area (Å²) in [4.78, 5) is 15.7. The maximum Gasteiger partial charge on any atom is 0.349 e. The minimum Gasteiger partial charge on any atom is -0.383 e. The van der Waals surface area contributed by atoms with Gasteiger partial charge in [-0.05, 0) is 37.2 Å². The molecule has 1 aromatic rings. The van der Waals surface area contributed by atoms with E-state index >= 15 is 0 Å². The summed E-state index contributed by atoms with van der Waals surface area (Å²) in [6, 6.07) is 1.93. The molecule has 0 saturated carbocycles. The number of rotatable bonds is 6. The zero-order valence-electron chi connectivity index (χ0n) is 11.9. The molecule has 0 aliphatic heterocycles. The second kappa shape index (κ2) is 6.57. The van der Waals surface area contributed by atoms with E-state index in [4.69, 9.17) is 5.73 Å². The van der Waals surface area contributed by atoms with Gasteiger partial charge in [0.05, 0.1) is 0 Å². The van der Waals surface area contributed by atoms with Crippen molar-refractivity contribution in [3.05, 3.63) is 22.7 Å².